The molecule has 0 heterocycles. The van der Waals surface area contributed by atoms with E-state index >= 15 is 0 Å². The van der Waals surface area contributed by atoms with E-state index in [0.29, 0.717) is 0 Å². The van der Waals surface area contributed by atoms with Crippen molar-refractivity contribution in [1.29, 1.82) is 0 Å². The Balaban J connectivity index is 3.83. The molecule has 0 aromatic rings. The van der Waals surface area contributed by atoms with Gasteiger partial charge in [0.1, 0.15) is 5.78 Å². The summed E-state index contributed by atoms with van der Waals surface area (Å²) in [4.78, 5) is 78.2. The maximum absolute atomic E-state index is 11.5. The minimum Gasteiger partial charge on any atom is -0.481 e. The van der Waals surface area contributed by atoms with Crippen molar-refractivity contribution in [2.45, 2.75) is 26.2 Å². The number of aliphatic carboxylic acids is 1. The second kappa shape index (κ2) is 14.5. The highest BCUT2D eigenvalue weighted by Gasteiger charge is 2.10. The molecule has 0 aliphatic carbocycles. The number of carbonyl (C=O) groups is 7. The Morgan fingerprint density at radius 2 is 0.897 bits per heavy atom. The van der Waals surface area contributed by atoms with Gasteiger partial charge in [-0.05, 0) is 13.3 Å². The van der Waals surface area contributed by atoms with Crippen LogP contribution in [0.5, 0.6) is 0 Å². The lowest BCUT2D eigenvalue weighted by Gasteiger charge is -2.08. The van der Waals surface area contributed by atoms with E-state index in [-0.39, 0.29) is 44.7 Å². The highest BCUT2D eigenvalue weighted by molar-refractivity contribution is 5.91. The third kappa shape index (κ3) is 16.4. The summed E-state index contributed by atoms with van der Waals surface area (Å²) >= 11 is 0. The number of amides is 5. The number of rotatable bonds is 14. The predicted octanol–water partition coefficient (Wildman–Crippen LogP) is -3.59. The smallest absolute Gasteiger partial charge is 0.303 e. The van der Waals surface area contributed by atoms with Gasteiger partial charge in [0.15, 0.2) is 0 Å². The highest BCUT2D eigenvalue weighted by Crippen LogP contribution is 1.94. The lowest BCUT2D eigenvalue weighted by atomic mass is 10.2. The summed E-state index contributed by atoms with van der Waals surface area (Å²) in [5.74, 6) is -4.26. The summed E-state index contributed by atoms with van der Waals surface area (Å²) in [5.41, 5.74) is 0. The number of hydrogen-bond acceptors (Lipinski definition) is 7. The van der Waals surface area contributed by atoms with Crippen LogP contribution in [0.25, 0.3) is 0 Å². The predicted molar refractivity (Wildman–Crippen MR) is 97.2 cm³/mol. The maximum Gasteiger partial charge on any atom is 0.303 e. The van der Waals surface area contributed by atoms with Crippen LogP contribution < -0.4 is 26.6 Å². The minimum atomic E-state index is -1.02. The SMILES string of the molecule is CC(=O)CNC(=O)CNC(=O)CNC(=O)CNC(=O)CNC(=O)CCCC(=O)O. The van der Waals surface area contributed by atoms with Crippen LogP contribution in [0, 0.1) is 0 Å². The van der Waals surface area contributed by atoms with Crippen molar-refractivity contribution in [3.63, 3.8) is 0 Å². The molecule has 0 spiro atoms. The van der Waals surface area contributed by atoms with Crippen molar-refractivity contribution < 1.29 is 38.7 Å². The molecular formula is C16H25N5O8. The summed E-state index contributed by atoms with van der Waals surface area (Å²) in [5, 5.41) is 19.7. The summed E-state index contributed by atoms with van der Waals surface area (Å²) in [6, 6.07) is 0. The zero-order chi connectivity index (χ0) is 22.2. The molecule has 5 amide bonds. The van der Waals surface area contributed by atoms with E-state index in [1.807, 2.05) is 0 Å². The Kier molecular flexibility index (Phi) is 12.8. The molecule has 0 unspecified atom stereocenters. The number of carboxylic acid groups (broad SMARTS) is 1. The number of ketones is 1. The fraction of sp³-hybridized carbons (Fsp3) is 0.562. The van der Waals surface area contributed by atoms with Gasteiger partial charge in [0.05, 0.1) is 32.7 Å². The molecule has 13 heteroatoms. The number of carboxylic acids is 1. The molecule has 0 aromatic carbocycles. The molecule has 162 valence electrons. The van der Waals surface area contributed by atoms with Gasteiger partial charge in [0, 0.05) is 12.8 Å². The molecule has 0 rings (SSSR count). The van der Waals surface area contributed by atoms with Crippen LogP contribution in [0.2, 0.25) is 0 Å². The zero-order valence-electron chi connectivity index (χ0n) is 16.0. The van der Waals surface area contributed by atoms with Gasteiger partial charge in [-0.3, -0.25) is 33.6 Å². The lowest BCUT2D eigenvalue weighted by molar-refractivity contribution is -0.137. The summed E-state index contributed by atoms with van der Waals surface area (Å²) in [7, 11) is 0. The molecular weight excluding hydrogens is 390 g/mol. The Morgan fingerprint density at radius 1 is 0.552 bits per heavy atom. The number of nitrogens with one attached hydrogen (secondary N) is 5. The second-order valence-electron chi connectivity index (χ2n) is 5.83. The van der Waals surface area contributed by atoms with Crippen LogP contribution in [0.1, 0.15) is 26.2 Å². The number of carbonyl (C=O) groups excluding carboxylic acids is 6. The largest absolute Gasteiger partial charge is 0.481 e. The van der Waals surface area contributed by atoms with Crippen molar-refractivity contribution in [2.75, 3.05) is 32.7 Å². The average molecular weight is 415 g/mol. The van der Waals surface area contributed by atoms with Crippen LogP contribution in [0.15, 0.2) is 0 Å². The third-order valence-electron chi connectivity index (χ3n) is 3.11. The maximum atomic E-state index is 11.5. The standard InChI is InChI=1S/C16H25N5O8/c1-10(22)5-17-12(24)7-19-14(26)9-21-15(27)8-20-13(25)6-18-11(23)3-2-4-16(28)29/h2-9H2,1H3,(H,17,24)(H,18,23)(H,19,26)(H,20,25)(H,21,27)(H,28,29). The van der Waals surface area contributed by atoms with Gasteiger partial charge in [-0.2, -0.15) is 0 Å². The van der Waals surface area contributed by atoms with E-state index in [0.717, 1.165) is 0 Å². The topological polar surface area (TPSA) is 200 Å². The van der Waals surface area contributed by atoms with Gasteiger partial charge in [0.25, 0.3) is 0 Å². The van der Waals surface area contributed by atoms with Crippen molar-refractivity contribution in [3.05, 3.63) is 0 Å². The molecule has 0 atom stereocenters. The summed E-state index contributed by atoms with van der Waals surface area (Å²) in [6.45, 7) is -0.438. The molecule has 0 aliphatic rings. The van der Waals surface area contributed by atoms with Gasteiger partial charge in [-0.1, -0.05) is 0 Å². The fourth-order valence-electron chi connectivity index (χ4n) is 1.68. The quantitative estimate of drug-likeness (QED) is 0.167. The van der Waals surface area contributed by atoms with E-state index in [1.165, 1.54) is 6.92 Å². The summed E-state index contributed by atoms with van der Waals surface area (Å²) in [6.07, 6.45) is -0.0515. The van der Waals surface area contributed by atoms with Crippen LogP contribution in [-0.2, 0) is 33.6 Å². The Hall–Kier alpha value is -3.51. The van der Waals surface area contributed by atoms with E-state index in [9.17, 15) is 33.6 Å². The Morgan fingerprint density at radius 3 is 1.24 bits per heavy atom. The molecule has 0 bridgehead atoms. The molecule has 29 heavy (non-hydrogen) atoms. The Labute approximate surface area is 166 Å². The Bertz CT molecular complexity index is 649. The second-order valence-corrected chi connectivity index (χ2v) is 5.83. The first kappa shape index (κ1) is 25.5. The first-order valence-electron chi connectivity index (χ1n) is 8.65. The summed E-state index contributed by atoms with van der Waals surface area (Å²) < 4.78 is 0. The van der Waals surface area contributed by atoms with Gasteiger partial charge in [-0.25, -0.2) is 0 Å². The van der Waals surface area contributed by atoms with Gasteiger partial charge < -0.3 is 31.7 Å². The van der Waals surface area contributed by atoms with E-state index in [4.69, 9.17) is 5.11 Å². The molecule has 0 saturated carbocycles. The molecule has 0 fully saturated rings. The molecule has 13 nitrogen and oxygen atoms in total. The fourth-order valence-corrected chi connectivity index (χ4v) is 1.68. The third-order valence-corrected chi connectivity index (χ3v) is 3.11. The van der Waals surface area contributed by atoms with Crippen LogP contribution in [-0.4, -0.2) is 79.1 Å². The first-order chi connectivity index (χ1) is 13.6. The number of Topliss-reactive ketones (excluding diaryl/α,β-unsaturated/α-hetero) is 1. The number of hydrogen-bond donors (Lipinski definition) is 6. The molecule has 0 aliphatic heterocycles. The van der Waals surface area contributed by atoms with Crippen molar-refractivity contribution in [3.8, 4) is 0 Å². The monoisotopic (exact) mass is 415 g/mol. The van der Waals surface area contributed by atoms with E-state index < -0.39 is 48.6 Å². The van der Waals surface area contributed by atoms with Gasteiger partial charge >= 0.3 is 5.97 Å². The molecule has 0 saturated heterocycles. The van der Waals surface area contributed by atoms with Gasteiger partial charge in [0.2, 0.25) is 29.5 Å². The van der Waals surface area contributed by atoms with E-state index in [1.54, 1.807) is 0 Å². The lowest BCUT2D eigenvalue weighted by Crippen LogP contribution is -2.45. The zero-order valence-corrected chi connectivity index (χ0v) is 16.0. The molecule has 0 radical (unpaired) electrons. The molecule has 6 N–H and O–H groups in total. The van der Waals surface area contributed by atoms with Crippen LogP contribution in [0.4, 0.5) is 0 Å². The first-order valence-corrected chi connectivity index (χ1v) is 8.65. The van der Waals surface area contributed by atoms with Crippen LogP contribution >= 0.6 is 0 Å². The van der Waals surface area contributed by atoms with E-state index in [2.05, 4.69) is 26.6 Å². The van der Waals surface area contributed by atoms with Crippen molar-refractivity contribution >= 4 is 41.3 Å². The van der Waals surface area contributed by atoms with Crippen molar-refractivity contribution in [1.82, 2.24) is 26.6 Å². The van der Waals surface area contributed by atoms with Gasteiger partial charge in [-0.15, -0.1) is 0 Å². The van der Waals surface area contributed by atoms with Crippen LogP contribution in [0.3, 0.4) is 0 Å². The molecule has 0 aromatic heterocycles. The minimum absolute atomic E-state index is 0.0397. The average Bonchev–Trinajstić information content (AvgIpc) is 2.65. The van der Waals surface area contributed by atoms with Crippen molar-refractivity contribution in [2.24, 2.45) is 0 Å². The highest BCUT2D eigenvalue weighted by atomic mass is 16.4. The normalized spacial score (nSPS) is 9.69.